The Morgan fingerprint density at radius 1 is 1.62 bits per heavy atom. The monoisotopic (exact) mass is 223 g/mol. The molecule has 0 spiro atoms. The smallest absolute Gasteiger partial charge is 0.287 e. The van der Waals surface area contributed by atoms with E-state index in [1.165, 1.54) is 12.3 Å². The van der Waals surface area contributed by atoms with Crippen LogP contribution in [0.5, 0.6) is 0 Å². The summed E-state index contributed by atoms with van der Waals surface area (Å²) < 4.78 is 0. The molecule has 2 heterocycles. The Morgan fingerprint density at radius 2 is 2.44 bits per heavy atom. The maximum Gasteiger partial charge on any atom is 0.287 e. The molecular formula is C10H13N3O3. The maximum atomic E-state index is 10.5. The second kappa shape index (κ2) is 4.44. The summed E-state index contributed by atoms with van der Waals surface area (Å²) in [7, 11) is 0. The number of anilines is 1. The molecule has 0 aromatic carbocycles. The lowest BCUT2D eigenvalue weighted by molar-refractivity contribution is -0.385. The van der Waals surface area contributed by atoms with Crippen LogP contribution in [-0.4, -0.2) is 34.7 Å². The summed E-state index contributed by atoms with van der Waals surface area (Å²) in [5.74, 6) is 1.03. The second-order valence-corrected chi connectivity index (χ2v) is 3.91. The predicted octanol–water partition coefficient (Wildman–Crippen LogP) is 0.808. The summed E-state index contributed by atoms with van der Waals surface area (Å²) >= 11 is 0. The van der Waals surface area contributed by atoms with Crippen LogP contribution in [0.2, 0.25) is 0 Å². The zero-order valence-corrected chi connectivity index (χ0v) is 8.74. The van der Waals surface area contributed by atoms with Crippen LogP contribution in [0.4, 0.5) is 11.5 Å². The summed E-state index contributed by atoms with van der Waals surface area (Å²) in [6.07, 6.45) is 2.21. The quantitative estimate of drug-likeness (QED) is 0.605. The van der Waals surface area contributed by atoms with Gasteiger partial charge in [0.05, 0.1) is 4.92 Å². The van der Waals surface area contributed by atoms with Crippen LogP contribution < -0.4 is 4.90 Å². The van der Waals surface area contributed by atoms with Crippen LogP contribution >= 0.6 is 0 Å². The Hall–Kier alpha value is -1.69. The fraction of sp³-hybridized carbons (Fsp3) is 0.500. The van der Waals surface area contributed by atoms with Gasteiger partial charge in [-0.2, -0.15) is 0 Å². The van der Waals surface area contributed by atoms with Gasteiger partial charge in [0, 0.05) is 31.7 Å². The molecule has 1 N–H and O–H groups in total. The third-order valence-corrected chi connectivity index (χ3v) is 2.81. The molecule has 1 atom stereocenters. The number of aromatic nitrogens is 1. The number of rotatable bonds is 3. The largest absolute Gasteiger partial charge is 0.396 e. The lowest BCUT2D eigenvalue weighted by Gasteiger charge is -2.16. The standard InChI is InChI=1S/C10H13N3O3/c14-7-8-3-4-12(6-8)10-2-1-9(5-11-10)13(15)16/h1-2,5,8,14H,3-4,6-7H2. The molecule has 0 radical (unpaired) electrons. The van der Waals surface area contributed by atoms with E-state index in [-0.39, 0.29) is 18.2 Å². The summed E-state index contributed by atoms with van der Waals surface area (Å²) in [6, 6.07) is 3.10. The zero-order valence-electron chi connectivity index (χ0n) is 8.74. The van der Waals surface area contributed by atoms with Crippen molar-refractivity contribution in [1.82, 2.24) is 4.98 Å². The van der Waals surface area contributed by atoms with E-state index in [1.807, 2.05) is 4.90 Å². The molecule has 6 nitrogen and oxygen atoms in total. The van der Waals surface area contributed by atoms with E-state index in [2.05, 4.69) is 4.98 Å². The van der Waals surface area contributed by atoms with Gasteiger partial charge in [-0.1, -0.05) is 0 Å². The molecule has 1 unspecified atom stereocenters. The lowest BCUT2D eigenvalue weighted by Crippen LogP contribution is -2.21. The summed E-state index contributed by atoms with van der Waals surface area (Å²) in [5.41, 5.74) is 0.00153. The lowest BCUT2D eigenvalue weighted by atomic mass is 10.1. The fourth-order valence-electron chi connectivity index (χ4n) is 1.86. The van der Waals surface area contributed by atoms with Gasteiger partial charge < -0.3 is 10.0 Å². The van der Waals surface area contributed by atoms with Gasteiger partial charge in [-0.25, -0.2) is 4.98 Å². The Labute approximate surface area is 92.7 Å². The van der Waals surface area contributed by atoms with E-state index < -0.39 is 4.92 Å². The van der Waals surface area contributed by atoms with Crippen molar-refractivity contribution in [3.8, 4) is 0 Å². The molecule has 1 saturated heterocycles. The summed E-state index contributed by atoms with van der Waals surface area (Å²) in [6.45, 7) is 1.79. The van der Waals surface area contributed by atoms with Crippen LogP contribution in [0.1, 0.15) is 6.42 Å². The number of nitro groups is 1. The average Bonchev–Trinajstić information content (AvgIpc) is 2.77. The third-order valence-electron chi connectivity index (χ3n) is 2.81. The number of aliphatic hydroxyl groups excluding tert-OH is 1. The second-order valence-electron chi connectivity index (χ2n) is 3.91. The Bertz CT molecular complexity index is 379. The number of hydrogen-bond acceptors (Lipinski definition) is 5. The molecular weight excluding hydrogens is 210 g/mol. The van der Waals surface area contributed by atoms with Gasteiger partial charge in [-0.05, 0) is 12.5 Å². The molecule has 1 aromatic heterocycles. The number of pyridine rings is 1. The summed E-state index contributed by atoms with van der Waals surface area (Å²) in [4.78, 5) is 16.1. The molecule has 0 amide bonds. The van der Waals surface area contributed by atoms with Crippen molar-refractivity contribution in [2.45, 2.75) is 6.42 Å². The number of nitrogens with zero attached hydrogens (tertiary/aromatic N) is 3. The minimum absolute atomic E-state index is 0.00153. The van der Waals surface area contributed by atoms with E-state index in [1.54, 1.807) is 6.07 Å². The Kier molecular flexibility index (Phi) is 3.00. The van der Waals surface area contributed by atoms with Crippen LogP contribution in [-0.2, 0) is 0 Å². The highest BCUT2D eigenvalue weighted by Crippen LogP contribution is 2.22. The molecule has 2 rings (SSSR count). The van der Waals surface area contributed by atoms with Crippen LogP contribution in [0.25, 0.3) is 0 Å². The molecule has 0 saturated carbocycles. The van der Waals surface area contributed by atoms with Crippen molar-refractivity contribution in [1.29, 1.82) is 0 Å². The van der Waals surface area contributed by atoms with Crippen molar-refractivity contribution >= 4 is 11.5 Å². The minimum Gasteiger partial charge on any atom is -0.396 e. The highest BCUT2D eigenvalue weighted by molar-refractivity contribution is 5.43. The Morgan fingerprint density at radius 3 is 2.94 bits per heavy atom. The van der Waals surface area contributed by atoms with Crippen LogP contribution in [0.3, 0.4) is 0 Å². The molecule has 1 aromatic rings. The van der Waals surface area contributed by atoms with Crippen molar-refractivity contribution in [2.24, 2.45) is 5.92 Å². The highest BCUT2D eigenvalue weighted by atomic mass is 16.6. The molecule has 6 heteroatoms. The van der Waals surface area contributed by atoms with E-state index in [4.69, 9.17) is 5.11 Å². The first kappa shape index (κ1) is 10.8. The predicted molar refractivity (Wildman–Crippen MR) is 58.3 cm³/mol. The minimum atomic E-state index is -0.461. The molecule has 1 aliphatic rings. The molecule has 1 aliphatic heterocycles. The SMILES string of the molecule is O=[N+]([O-])c1ccc(N2CCC(CO)C2)nc1. The van der Waals surface area contributed by atoms with Gasteiger partial charge in [0.1, 0.15) is 12.0 Å². The molecule has 0 aliphatic carbocycles. The zero-order chi connectivity index (χ0) is 11.5. The van der Waals surface area contributed by atoms with Gasteiger partial charge in [-0.15, -0.1) is 0 Å². The van der Waals surface area contributed by atoms with Crippen molar-refractivity contribution in [3.05, 3.63) is 28.4 Å². The van der Waals surface area contributed by atoms with E-state index in [9.17, 15) is 10.1 Å². The molecule has 1 fully saturated rings. The number of aliphatic hydroxyl groups is 1. The van der Waals surface area contributed by atoms with Gasteiger partial charge in [0.25, 0.3) is 5.69 Å². The first-order valence-electron chi connectivity index (χ1n) is 5.17. The molecule has 86 valence electrons. The first-order chi connectivity index (χ1) is 7.70. The van der Waals surface area contributed by atoms with Crippen molar-refractivity contribution < 1.29 is 10.0 Å². The Balaban J connectivity index is 2.08. The van der Waals surface area contributed by atoms with Crippen molar-refractivity contribution in [3.63, 3.8) is 0 Å². The van der Waals surface area contributed by atoms with E-state index >= 15 is 0 Å². The van der Waals surface area contributed by atoms with Gasteiger partial charge in [0.15, 0.2) is 0 Å². The molecule has 0 bridgehead atoms. The topological polar surface area (TPSA) is 79.5 Å². The first-order valence-corrected chi connectivity index (χ1v) is 5.17. The number of hydrogen-bond donors (Lipinski definition) is 1. The van der Waals surface area contributed by atoms with E-state index in [0.29, 0.717) is 0 Å². The molecule has 16 heavy (non-hydrogen) atoms. The third kappa shape index (κ3) is 2.11. The maximum absolute atomic E-state index is 10.5. The van der Waals surface area contributed by atoms with Crippen molar-refractivity contribution in [2.75, 3.05) is 24.6 Å². The normalized spacial score (nSPS) is 20.1. The fourth-order valence-corrected chi connectivity index (χ4v) is 1.86. The average molecular weight is 223 g/mol. The van der Waals surface area contributed by atoms with Gasteiger partial charge in [0.2, 0.25) is 0 Å². The highest BCUT2D eigenvalue weighted by Gasteiger charge is 2.22. The van der Waals surface area contributed by atoms with Crippen LogP contribution in [0.15, 0.2) is 18.3 Å². The van der Waals surface area contributed by atoms with E-state index in [0.717, 1.165) is 25.3 Å². The summed E-state index contributed by atoms with van der Waals surface area (Å²) in [5, 5.41) is 19.5. The van der Waals surface area contributed by atoms with Crippen LogP contribution in [0, 0.1) is 16.0 Å². The van der Waals surface area contributed by atoms with Gasteiger partial charge in [-0.3, -0.25) is 10.1 Å². The van der Waals surface area contributed by atoms with Gasteiger partial charge >= 0.3 is 0 Å².